The number of aliphatic hydroxyl groups is 1. The zero-order valence-corrected chi connectivity index (χ0v) is 11.2. The molecule has 2 aromatic rings. The minimum absolute atomic E-state index is 0.137. The average Bonchev–Trinajstić information content (AvgIpc) is 2.43. The molecule has 0 radical (unpaired) electrons. The lowest BCUT2D eigenvalue weighted by molar-refractivity contribution is 0.199. The van der Waals surface area contributed by atoms with Crippen LogP contribution in [-0.2, 0) is 0 Å². The lowest BCUT2D eigenvalue weighted by atomic mass is 10.1. The van der Waals surface area contributed by atoms with E-state index in [-0.39, 0.29) is 5.69 Å². The summed E-state index contributed by atoms with van der Waals surface area (Å²) in [6.45, 7) is 1.61. The number of anilines is 2. The fraction of sp³-hybridized carbons (Fsp3) is 0.133. The summed E-state index contributed by atoms with van der Waals surface area (Å²) in [5.41, 5.74) is 1.27. The Morgan fingerprint density at radius 1 is 1.05 bits per heavy atom. The number of halogens is 2. The monoisotopic (exact) mass is 292 g/mol. The van der Waals surface area contributed by atoms with Crippen LogP contribution in [0.25, 0.3) is 0 Å². The van der Waals surface area contributed by atoms with Crippen LogP contribution in [0.1, 0.15) is 18.6 Å². The van der Waals surface area contributed by atoms with Gasteiger partial charge in [-0.05, 0) is 36.8 Å². The van der Waals surface area contributed by atoms with E-state index in [0.29, 0.717) is 11.3 Å². The first-order valence-electron chi connectivity index (χ1n) is 6.27. The maximum Gasteiger partial charge on any atom is 0.323 e. The number of benzene rings is 2. The van der Waals surface area contributed by atoms with E-state index in [2.05, 4.69) is 10.6 Å². The van der Waals surface area contributed by atoms with Crippen molar-refractivity contribution in [2.45, 2.75) is 13.0 Å². The Kier molecular flexibility index (Phi) is 4.49. The van der Waals surface area contributed by atoms with E-state index >= 15 is 0 Å². The van der Waals surface area contributed by atoms with E-state index in [4.69, 9.17) is 0 Å². The Labute approximate surface area is 120 Å². The molecule has 2 amide bonds. The molecule has 6 heteroatoms. The Morgan fingerprint density at radius 2 is 1.71 bits per heavy atom. The molecule has 0 saturated carbocycles. The second kappa shape index (κ2) is 6.32. The van der Waals surface area contributed by atoms with Gasteiger partial charge < -0.3 is 15.7 Å². The molecule has 0 aromatic heterocycles. The molecule has 1 atom stereocenters. The summed E-state index contributed by atoms with van der Waals surface area (Å²) in [6, 6.07) is 9.17. The Morgan fingerprint density at radius 3 is 2.33 bits per heavy atom. The van der Waals surface area contributed by atoms with E-state index in [9.17, 15) is 18.7 Å². The zero-order chi connectivity index (χ0) is 15.4. The molecule has 0 aliphatic heterocycles. The first-order chi connectivity index (χ1) is 9.95. The molecule has 0 aliphatic rings. The minimum atomic E-state index is -1.04. The Hall–Kier alpha value is -2.47. The molecule has 0 bridgehead atoms. The van der Waals surface area contributed by atoms with Gasteiger partial charge in [-0.3, -0.25) is 0 Å². The third kappa shape index (κ3) is 4.00. The standard InChI is InChI=1S/C15H14F2N2O2/c1-9(20)10-3-2-4-11(7-10)18-15(21)19-12-5-6-13(16)14(17)8-12/h2-9,20H,1H3,(H2,18,19,21). The van der Waals surface area contributed by atoms with Crippen molar-refractivity contribution < 1.29 is 18.7 Å². The molecule has 110 valence electrons. The molecular weight excluding hydrogens is 278 g/mol. The van der Waals surface area contributed by atoms with E-state index < -0.39 is 23.8 Å². The van der Waals surface area contributed by atoms with E-state index in [0.717, 1.165) is 12.1 Å². The Bertz CT molecular complexity index is 660. The van der Waals surface area contributed by atoms with Gasteiger partial charge in [0.25, 0.3) is 0 Å². The molecule has 0 heterocycles. The zero-order valence-electron chi connectivity index (χ0n) is 11.2. The molecule has 2 rings (SSSR count). The SMILES string of the molecule is CC(O)c1cccc(NC(=O)Nc2ccc(F)c(F)c2)c1. The molecule has 3 N–H and O–H groups in total. The number of aliphatic hydroxyl groups excluding tert-OH is 1. The first kappa shape index (κ1) is 14.9. The third-order valence-corrected chi connectivity index (χ3v) is 2.80. The van der Waals surface area contributed by atoms with Gasteiger partial charge in [0.05, 0.1) is 6.10 Å². The fourth-order valence-electron chi connectivity index (χ4n) is 1.74. The van der Waals surface area contributed by atoms with Crippen LogP contribution >= 0.6 is 0 Å². The number of hydrogen-bond donors (Lipinski definition) is 3. The highest BCUT2D eigenvalue weighted by molar-refractivity contribution is 5.99. The van der Waals surface area contributed by atoms with Crippen LogP contribution in [0, 0.1) is 11.6 Å². The highest BCUT2D eigenvalue weighted by Crippen LogP contribution is 2.18. The first-order valence-corrected chi connectivity index (χ1v) is 6.27. The molecule has 0 saturated heterocycles. The lowest BCUT2D eigenvalue weighted by Crippen LogP contribution is -2.19. The maximum absolute atomic E-state index is 13.0. The van der Waals surface area contributed by atoms with Gasteiger partial charge in [0, 0.05) is 17.4 Å². The van der Waals surface area contributed by atoms with Crippen LogP contribution in [0.15, 0.2) is 42.5 Å². The van der Waals surface area contributed by atoms with E-state index in [1.807, 2.05) is 0 Å². The van der Waals surface area contributed by atoms with Crippen molar-refractivity contribution in [1.29, 1.82) is 0 Å². The number of carbonyl (C=O) groups excluding carboxylic acids is 1. The van der Waals surface area contributed by atoms with Gasteiger partial charge in [-0.1, -0.05) is 12.1 Å². The van der Waals surface area contributed by atoms with Crippen LogP contribution in [0.4, 0.5) is 25.0 Å². The summed E-state index contributed by atoms with van der Waals surface area (Å²) in [5, 5.41) is 14.4. The molecule has 0 fully saturated rings. The second-order valence-corrected chi connectivity index (χ2v) is 4.51. The molecular formula is C15H14F2N2O2. The molecule has 21 heavy (non-hydrogen) atoms. The van der Waals surface area contributed by atoms with Crippen molar-refractivity contribution in [2.24, 2.45) is 0 Å². The topological polar surface area (TPSA) is 61.4 Å². The van der Waals surface area contributed by atoms with Gasteiger partial charge in [0.15, 0.2) is 11.6 Å². The fourth-order valence-corrected chi connectivity index (χ4v) is 1.74. The number of hydrogen-bond acceptors (Lipinski definition) is 2. The maximum atomic E-state index is 13.0. The summed E-state index contributed by atoms with van der Waals surface area (Å²) in [7, 11) is 0. The molecule has 0 spiro atoms. The smallest absolute Gasteiger partial charge is 0.323 e. The normalized spacial score (nSPS) is 11.8. The Balaban J connectivity index is 2.04. The predicted octanol–water partition coefficient (Wildman–Crippen LogP) is 3.66. The van der Waals surface area contributed by atoms with Crippen LogP contribution in [-0.4, -0.2) is 11.1 Å². The highest BCUT2D eigenvalue weighted by Gasteiger charge is 2.07. The molecule has 4 nitrogen and oxygen atoms in total. The van der Waals surface area contributed by atoms with Crippen LogP contribution in [0.5, 0.6) is 0 Å². The summed E-state index contributed by atoms with van der Waals surface area (Å²) in [5.74, 6) is -2.02. The molecule has 1 unspecified atom stereocenters. The summed E-state index contributed by atoms with van der Waals surface area (Å²) < 4.78 is 25.8. The van der Waals surface area contributed by atoms with Crippen molar-refractivity contribution >= 4 is 17.4 Å². The van der Waals surface area contributed by atoms with Gasteiger partial charge in [-0.15, -0.1) is 0 Å². The summed E-state index contributed by atoms with van der Waals surface area (Å²) in [4.78, 5) is 11.8. The number of amides is 2. The van der Waals surface area contributed by atoms with Crippen LogP contribution < -0.4 is 10.6 Å². The van der Waals surface area contributed by atoms with Gasteiger partial charge in [0.2, 0.25) is 0 Å². The minimum Gasteiger partial charge on any atom is -0.389 e. The van der Waals surface area contributed by atoms with Crippen molar-refractivity contribution in [3.05, 3.63) is 59.7 Å². The molecule has 0 aliphatic carbocycles. The predicted molar refractivity (Wildman–Crippen MR) is 76.1 cm³/mol. The van der Waals surface area contributed by atoms with Crippen LogP contribution in [0.2, 0.25) is 0 Å². The quantitative estimate of drug-likeness (QED) is 0.808. The third-order valence-electron chi connectivity index (χ3n) is 2.80. The van der Waals surface area contributed by atoms with Crippen molar-refractivity contribution in [2.75, 3.05) is 10.6 Å². The number of nitrogens with one attached hydrogen (secondary N) is 2. The van der Waals surface area contributed by atoms with Gasteiger partial charge in [-0.2, -0.15) is 0 Å². The van der Waals surface area contributed by atoms with Gasteiger partial charge in [-0.25, -0.2) is 13.6 Å². The number of rotatable bonds is 3. The summed E-state index contributed by atoms with van der Waals surface area (Å²) >= 11 is 0. The van der Waals surface area contributed by atoms with E-state index in [1.165, 1.54) is 6.07 Å². The molecule has 2 aromatic carbocycles. The number of urea groups is 1. The second-order valence-electron chi connectivity index (χ2n) is 4.51. The van der Waals surface area contributed by atoms with Crippen molar-refractivity contribution in [1.82, 2.24) is 0 Å². The summed E-state index contributed by atoms with van der Waals surface area (Å²) in [6.07, 6.45) is -0.652. The average molecular weight is 292 g/mol. The van der Waals surface area contributed by atoms with Gasteiger partial charge >= 0.3 is 6.03 Å². The highest BCUT2D eigenvalue weighted by atomic mass is 19.2. The number of carbonyl (C=O) groups is 1. The largest absolute Gasteiger partial charge is 0.389 e. The van der Waals surface area contributed by atoms with Crippen molar-refractivity contribution in [3.63, 3.8) is 0 Å². The van der Waals surface area contributed by atoms with Gasteiger partial charge in [0.1, 0.15) is 0 Å². The van der Waals surface area contributed by atoms with E-state index in [1.54, 1.807) is 31.2 Å². The van der Waals surface area contributed by atoms with Crippen molar-refractivity contribution in [3.8, 4) is 0 Å². The van der Waals surface area contributed by atoms with Crippen LogP contribution in [0.3, 0.4) is 0 Å². The lowest BCUT2D eigenvalue weighted by Gasteiger charge is -2.10.